The molecule has 1 aromatic rings. The number of aromatic nitrogens is 2. The molecule has 0 spiro atoms. The van der Waals surface area contributed by atoms with Crippen molar-refractivity contribution in [2.75, 3.05) is 20.3 Å². The van der Waals surface area contributed by atoms with E-state index >= 15 is 0 Å². The average molecular weight is 322 g/mol. The van der Waals surface area contributed by atoms with Crippen molar-refractivity contribution in [1.29, 1.82) is 0 Å². The van der Waals surface area contributed by atoms with Gasteiger partial charge in [0.25, 0.3) is 0 Å². The van der Waals surface area contributed by atoms with E-state index < -0.39 is 0 Å². The lowest BCUT2D eigenvalue weighted by molar-refractivity contribution is 0.133. The van der Waals surface area contributed by atoms with Crippen molar-refractivity contribution in [2.24, 2.45) is 0 Å². The normalized spacial score (nSPS) is 18.2. The largest absolute Gasteiger partial charge is 0.385 e. The summed E-state index contributed by atoms with van der Waals surface area (Å²) >= 11 is 0. The third kappa shape index (κ3) is 4.70. The molecule has 1 N–H and O–H groups in total. The molecule has 6 heteroatoms. The predicted molar refractivity (Wildman–Crippen MR) is 90.3 cm³/mol. The van der Waals surface area contributed by atoms with Crippen LogP contribution in [0.25, 0.3) is 0 Å². The average Bonchev–Trinajstić information content (AvgIpc) is 2.93. The number of urea groups is 1. The molecule has 0 bridgehead atoms. The number of carbonyl (C=O) groups excluding carboxylic acids is 1. The summed E-state index contributed by atoms with van der Waals surface area (Å²) in [4.78, 5) is 14.6. The summed E-state index contributed by atoms with van der Waals surface area (Å²) in [6.45, 7) is 7.14. The van der Waals surface area contributed by atoms with Crippen molar-refractivity contribution in [2.45, 2.75) is 65.1 Å². The van der Waals surface area contributed by atoms with Gasteiger partial charge < -0.3 is 15.0 Å². The SMILES string of the molecule is CCn1ncc(CNC(=O)N2CCCC[C@H]2CCCOC)c1C. The van der Waals surface area contributed by atoms with Gasteiger partial charge in [-0.25, -0.2) is 4.79 Å². The molecular formula is C17H30N4O2. The molecule has 0 aromatic carbocycles. The first-order chi connectivity index (χ1) is 11.2. The zero-order valence-corrected chi connectivity index (χ0v) is 14.7. The topological polar surface area (TPSA) is 59.4 Å². The molecular weight excluding hydrogens is 292 g/mol. The second-order valence-electron chi connectivity index (χ2n) is 6.21. The number of rotatable bonds is 7. The van der Waals surface area contributed by atoms with Gasteiger partial charge in [-0.3, -0.25) is 4.68 Å². The van der Waals surface area contributed by atoms with E-state index in [-0.39, 0.29) is 6.03 Å². The Balaban J connectivity index is 1.88. The lowest BCUT2D eigenvalue weighted by Crippen LogP contribution is -2.48. The van der Waals surface area contributed by atoms with E-state index in [9.17, 15) is 4.79 Å². The van der Waals surface area contributed by atoms with Crippen LogP contribution in [0.4, 0.5) is 4.79 Å². The highest BCUT2D eigenvalue weighted by molar-refractivity contribution is 5.74. The molecule has 1 saturated heterocycles. The molecule has 0 saturated carbocycles. The Morgan fingerprint density at radius 2 is 2.30 bits per heavy atom. The lowest BCUT2D eigenvalue weighted by atomic mass is 9.98. The first-order valence-electron chi connectivity index (χ1n) is 8.72. The van der Waals surface area contributed by atoms with Gasteiger partial charge >= 0.3 is 6.03 Å². The van der Waals surface area contributed by atoms with Crippen molar-refractivity contribution < 1.29 is 9.53 Å². The first-order valence-corrected chi connectivity index (χ1v) is 8.72. The second-order valence-corrected chi connectivity index (χ2v) is 6.21. The van der Waals surface area contributed by atoms with Crippen molar-refractivity contribution in [3.05, 3.63) is 17.5 Å². The molecule has 1 aliphatic heterocycles. The Labute approximate surface area is 139 Å². The molecule has 6 nitrogen and oxygen atoms in total. The number of carbonyl (C=O) groups is 1. The number of nitrogens with zero attached hydrogens (tertiary/aromatic N) is 3. The number of methoxy groups -OCH3 is 1. The van der Waals surface area contributed by atoms with E-state index in [2.05, 4.69) is 17.3 Å². The number of ether oxygens (including phenoxy) is 1. The molecule has 2 amide bonds. The summed E-state index contributed by atoms with van der Waals surface area (Å²) in [6.07, 6.45) is 7.29. The lowest BCUT2D eigenvalue weighted by Gasteiger charge is -2.35. The fourth-order valence-electron chi connectivity index (χ4n) is 3.28. The van der Waals surface area contributed by atoms with Gasteiger partial charge in [-0.15, -0.1) is 0 Å². The van der Waals surface area contributed by atoms with E-state index in [1.807, 2.05) is 22.7 Å². The van der Waals surface area contributed by atoms with E-state index in [0.29, 0.717) is 12.6 Å². The minimum absolute atomic E-state index is 0.0516. The number of hydrogen-bond donors (Lipinski definition) is 1. The molecule has 0 unspecified atom stereocenters. The highest BCUT2D eigenvalue weighted by Crippen LogP contribution is 2.21. The Hall–Kier alpha value is -1.56. The van der Waals surface area contributed by atoms with Gasteiger partial charge in [-0.05, 0) is 46.0 Å². The maximum Gasteiger partial charge on any atom is 0.317 e. The maximum absolute atomic E-state index is 12.6. The summed E-state index contributed by atoms with van der Waals surface area (Å²) in [6, 6.07) is 0.397. The van der Waals surface area contributed by atoms with Crippen molar-refractivity contribution in [3.63, 3.8) is 0 Å². The molecule has 1 atom stereocenters. The fourth-order valence-corrected chi connectivity index (χ4v) is 3.28. The Morgan fingerprint density at radius 1 is 1.48 bits per heavy atom. The van der Waals surface area contributed by atoms with Crippen LogP contribution in [0, 0.1) is 6.92 Å². The minimum Gasteiger partial charge on any atom is -0.385 e. The van der Waals surface area contributed by atoms with Crippen molar-refractivity contribution in [3.8, 4) is 0 Å². The summed E-state index contributed by atoms with van der Waals surface area (Å²) < 4.78 is 7.09. The van der Waals surface area contributed by atoms with Crippen LogP contribution >= 0.6 is 0 Å². The Morgan fingerprint density at radius 3 is 3.00 bits per heavy atom. The third-order valence-electron chi connectivity index (χ3n) is 4.71. The molecule has 0 aliphatic carbocycles. The summed E-state index contributed by atoms with van der Waals surface area (Å²) in [5, 5.41) is 7.40. The highest BCUT2D eigenvalue weighted by atomic mass is 16.5. The van der Waals surface area contributed by atoms with Crippen LogP contribution in [0.1, 0.15) is 50.3 Å². The summed E-state index contributed by atoms with van der Waals surface area (Å²) in [7, 11) is 1.73. The van der Waals surface area contributed by atoms with Crippen LogP contribution in [0.3, 0.4) is 0 Å². The Bertz CT molecular complexity index is 501. The van der Waals surface area contributed by atoms with Gasteiger partial charge in [0.15, 0.2) is 0 Å². The summed E-state index contributed by atoms with van der Waals surface area (Å²) in [5.74, 6) is 0. The maximum atomic E-state index is 12.6. The van der Waals surface area contributed by atoms with E-state index in [4.69, 9.17) is 4.74 Å². The monoisotopic (exact) mass is 322 g/mol. The molecule has 2 heterocycles. The molecule has 23 heavy (non-hydrogen) atoms. The van der Waals surface area contributed by atoms with Gasteiger partial charge in [0.2, 0.25) is 0 Å². The van der Waals surface area contributed by atoms with Crippen molar-refractivity contribution >= 4 is 6.03 Å². The van der Waals surface area contributed by atoms with Crippen LogP contribution < -0.4 is 5.32 Å². The second kappa shape index (κ2) is 8.91. The molecule has 1 aliphatic rings. The van der Waals surface area contributed by atoms with Gasteiger partial charge in [0, 0.05) is 50.7 Å². The van der Waals surface area contributed by atoms with Crippen molar-refractivity contribution in [1.82, 2.24) is 20.0 Å². The van der Waals surface area contributed by atoms with Gasteiger partial charge in [0.1, 0.15) is 0 Å². The van der Waals surface area contributed by atoms with Crippen LogP contribution in [0.15, 0.2) is 6.20 Å². The number of aryl methyl sites for hydroxylation is 1. The summed E-state index contributed by atoms with van der Waals surface area (Å²) in [5.41, 5.74) is 2.22. The van der Waals surface area contributed by atoms with Gasteiger partial charge in [-0.2, -0.15) is 5.10 Å². The van der Waals surface area contributed by atoms with E-state index in [0.717, 1.165) is 56.6 Å². The van der Waals surface area contributed by atoms with Crippen LogP contribution in [0.5, 0.6) is 0 Å². The first kappa shape index (κ1) is 17.8. The van der Waals surface area contributed by atoms with Crippen LogP contribution in [0.2, 0.25) is 0 Å². The number of piperidine rings is 1. The standard InChI is InChI=1S/C17H30N4O2/c1-4-21-14(2)15(13-19-21)12-18-17(22)20-10-6-5-8-16(20)9-7-11-23-3/h13,16H,4-12H2,1-3H3,(H,18,22)/t16-/m0/s1. The number of hydrogen-bond acceptors (Lipinski definition) is 3. The number of nitrogens with one attached hydrogen (secondary N) is 1. The molecule has 1 aromatic heterocycles. The zero-order chi connectivity index (χ0) is 16.7. The quantitative estimate of drug-likeness (QED) is 0.785. The fraction of sp³-hybridized carbons (Fsp3) is 0.765. The zero-order valence-electron chi connectivity index (χ0n) is 14.7. The van der Waals surface area contributed by atoms with Gasteiger partial charge in [0.05, 0.1) is 6.20 Å². The highest BCUT2D eigenvalue weighted by Gasteiger charge is 2.26. The van der Waals surface area contributed by atoms with E-state index in [1.165, 1.54) is 6.42 Å². The molecule has 130 valence electrons. The van der Waals surface area contributed by atoms with Crippen LogP contribution in [-0.2, 0) is 17.8 Å². The third-order valence-corrected chi connectivity index (χ3v) is 4.71. The van der Waals surface area contributed by atoms with Crippen LogP contribution in [-0.4, -0.2) is 47.0 Å². The predicted octanol–water partition coefficient (Wildman–Crippen LogP) is 2.70. The van der Waals surface area contributed by atoms with E-state index in [1.54, 1.807) is 7.11 Å². The molecule has 1 fully saturated rings. The Kier molecular flexibility index (Phi) is 6.89. The minimum atomic E-state index is 0.0516. The smallest absolute Gasteiger partial charge is 0.317 e. The molecule has 2 rings (SSSR count). The molecule has 0 radical (unpaired) electrons. The van der Waals surface area contributed by atoms with Gasteiger partial charge in [-0.1, -0.05) is 0 Å². The number of likely N-dealkylation sites (tertiary alicyclic amines) is 1. The number of amides is 2.